The van der Waals surface area contributed by atoms with Crippen LogP contribution < -0.4 is 4.90 Å². The van der Waals surface area contributed by atoms with Crippen LogP contribution in [0.5, 0.6) is 0 Å². The molecule has 0 N–H and O–H groups in total. The molecule has 0 atom stereocenters. The van der Waals surface area contributed by atoms with Gasteiger partial charge in [0.1, 0.15) is 0 Å². The van der Waals surface area contributed by atoms with Gasteiger partial charge in [0.15, 0.2) is 11.5 Å². The van der Waals surface area contributed by atoms with Gasteiger partial charge in [0.2, 0.25) is 5.95 Å². The molecule has 4 heterocycles. The Hall–Kier alpha value is -2.57. The fourth-order valence-corrected chi connectivity index (χ4v) is 3.84. The molecule has 3 aromatic rings. The third-order valence-corrected chi connectivity index (χ3v) is 5.14. The summed E-state index contributed by atoms with van der Waals surface area (Å²) in [6.45, 7) is 1.88. The minimum atomic E-state index is 0.395. The van der Waals surface area contributed by atoms with E-state index in [0.29, 0.717) is 5.92 Å². The Morgan fingerprint density at radius 1 is 1.00 bits per heavy atom. The van der Waals surface area contributed by atoms with Crippen molar-refractivity contribution >= 4 is 11.6 Å². The fraction of sp³-hybridized carbons (Fsp3) is 0.471. The maximum Gasteiger partial charge on any atom is 0.225 e. The highest BCUT2D eigenvalue weighted by molar-refractivity contribution is 5.43. The van der Waals surface area contributed by atoms with Crippen molar-refractivity contribution in [3.8, 4) is 0 Å². The van der Waals surface area contributed by atoms with E-state index in [9.17, 15) is 0 Å². The van der Waals surface area contributed by atoms with Crippen LogP contribution in [0.4, 0.5) is 5.95 Å². The van der Waals surface area contributed by atoms with Crippen LogP contribution in [-0.2, 0) is 12.8 Å². The number of hydrogen-bond acceptors (Lipinski definition) is 6. The molecule has 7 heteroatoms. The molecule has 1 saturated heterocycles. The zero-order valence-corrected chi connectivity index (χ0v) is 13.5. The number of anilines is 1. The van der Waals surface area contributed by atoms with E-state index in [1.54, 1.807) is 12.4 Å². The molecule has 122 valence electrons. The summed E-state index contributed by atoms with van der Waals surface area (Å²) in [6.07, 6.45) is 9.04. The molecule has 1 aliphatic carbocycles. The van der Waals surface area contributed by atoms with Crippen molar-refractivity contribution in [3.63, 3.8) is 0 Å². The number of piperidine rings is 1. The van der Waals surface area contributed by atoms with Crippen molar-refractivity contribution in [3.05, 3.63) is 41.6 Å². The van der Waals surface area contributed by atoms with Gasteiger partial charge in [-0.1, -0.05) is 0 Å². The molecule has 0 unspecified atom stereocenters. The largest absolute Gasteiger partial charge is 0.341 e. The zero-order valence-electron chi connectivity index (χ0n) is 13.5. The third-order valence-electron chi connectivity index (χ3n) is 5.14. The molecule has 24 heavy (non-hydrogen) atoms. The molecule has 0 aromatic carbocycles. The second-order valence-electron chi connectivity index (χ2n) is 6.61. The summed E-state index contributed by atoms with van der Waals surface area (Å²) >= 11 is 0. The second kappa shape index (κ2) is 5.51. The van der Waals surface area contributed by atoms with Crippen LogP contribution in [0.1, 0.15) is 42.3 Å². The molecule has 2 aliphatic rings. The van der Waals surface area contributed by atoms with Gasteiger partial charge in [-0.2, -0.15) is 9.61 Å². The van der Waals surface area contributed by atoms with Gasteiger partial charge in [-0.15, -0.1) is 10.2 Å². The predicted octanol–water partition coefficient (Wildman–Crippen LogP) is 1.79. The van der Waals surface area contributed by atoms with E-state index in [1.165, 1.54) is 17.7 Å². The molecule has 0 bridgehead atoms. The first-order chi connectivity index (χ1) is 11.9. The van der Waals surface area contributed by atoms with Crippen LogP contribution in [0.2, 0.25) is 0 Å². The van der Waals surface area contributed by atoms with Crippen molar-refractivity contribution in [1.82, 2.24) is 29.8 Å². The normalized spacial score (nSPS) is 18.2. The summed E-state index contributed by atoms with van der Waals surface area (Å²) in [6, 6.07) is 4.02. The lowest BCUT2D eigenvalue weighted by atomic mass is 9.96. The maximum absolute atomic E-state index is 4.82. The molecule has 0 saturated carbocycles. The fourth-order valence-electron chi connectivity index (χ4n) is 3.84. The smallest absolute Gasteiger partial charge is 0.225 e. The highest BCUT2D eigenvalue weighted by atomic mass is 15.4. The molecule has 3 aromatic heterocycles. The Morgan fingerprint density at radius 3 is 2.67 bits per heavy atom. The van der Waals surface area contributed by atoms with Crippen molar-refractivity contribution in [2.24, 2.45) is 0 Å². The van der Waals surface area contributed by atoms with Gasteiger partial charge in [-0.3, -0.25) is 0 Å². The van der Waals surface area contributed by atoms with Crippen LogP contribution in [0.3, 0.4) is 0 Å². The topological polar surface area (TPSA) is 72.1 Å². The van der Waals surface area contributed by atoms with E-state index in [1.807, 2.05) is 10.6 Å². The lowest BCUT2D eigenvalue weighted by Gasteiger charge is -2.30. The summed E-state index contributed by atoms with van der Waals surface area (Å²) in [4.78, 5) is 10.9. The summed E-state index contributed by atoms with van der Waals surface area (Å²) in [5.74, 6) is 2.22. The summed E-state index contributed by atoms with van der Waals surface area (Å²) in [7, 11) is 0. The monoisotopic (exact) mass is 321 g/mol. The second-order valence-corrected chi connectivity index (χ2v) is 6.61. The van der Waals surface area contributed by atoms with Gasteiger partial charge >= 0.3 is 0 Å². The Balaban J connectivity index is 1.39. The number of aryl methyl sites for hydroxylation is 2. The van der Waals surface area contributed by atoms with E-state index < -0.39 is 0 Å². The highest BCUT2D eigenvalue weighted by Gasteiger charge is 2.27. The Labute approximate surface area is 139 Å². The Bertz CT molecular complexity index is 865. The van der Waals surface area contributed by atoms with Gasteiger partial charge < -0.3 is 4.90 Å². The summed E-state index contributed by atoms with van der Waals surface area (Å²) in [5, 5.41) is 13.6. The average molecular weight is 321 g/mol. The number of aromatic nitrogens is 6. The molecule has 0 radical (unpaired) electrons. The maximum atomic E-state index is 4.82. The first kappa shape index (κ1) is 13.8. The van der Waals surface area contributed by atoms with Gasteiger partial charge in [0.25, 0.3) is 0 Å². The van der Waals surface area contributed by atoms with E-state index in [2.05, 4.69) is 31.1 Å². The minimum absolute atomic E-state index is 0.395. The van der Waals surface area contributed by atoms with Crippen LogP contribution in [0.25, 0.3) is 5.65 Å². The Kier molecular flexibility index (Phi) is 3.17. The lowest BCUT2D eigenvalue weighted by molar-refractivity contribution is 0.472. The van der Waals surface area contributed by atoms with Crippen LogP contribution in [0, 0.1) is 0 Å². The number of rotatable bonds is 2. The van der Waals surface area contributed by atoms with Gasteiger partial charge in [0.05, 0.1) is 5.69 Å². The van der Waals surface area contributed by atoms with Crippen LogP contribution in [0.15, 0.2) is 24.5 Å². The zero-order chi connectivity index (χ0) is 15.9. The summed E-state index contributed by atoms with van der Waals surface area (Å²) < 4.78 is 1.98. The van der Waals surface area contributed by atoms with Gasteiger partial charge in [0, 0.05) is 31.4 Å². The number of nitrogens with zero attached hydrogens (tertiary/aromatic N) is 7. The lowest BCUT2D eigenvalue weighted by Crippen LogP contribution is -2.34. The standard InChI is InChI=1S/C17H19N7/c1-3-13-11-15-20-21-16(24(15)22-14(13)4-1)12-5-9-23(10-6-12)17-18-7-2-8-19-17/h2,7-8,11-12H,1,3-6,9-10H2. The van der Waals surface area contributed by atoms with Crippen LogP contribution >= 0.6 is 0 Å². The SMILES string of the molecule is c1cnc(N2CCC(c3nnc4cc5c(nn34)CCC5)CC2)nc1. The van der Waals surface area contributed by atoms with Crippen molar-refractivity contribution in [1.29, 1.82) is 0 Å². The molecule has 7 nitrogen and oxygen atoms in total. The van der Waals surface area contributed by atoms with Crippen molar-refractivity contribution < 1.29 is 0 Å². The van der Waals surface area contributed by atoms with E-state index >= 15 is 0 Å². The first-order valence-corrected chi connectivity index (χ1v) is 8.64. The van der Waals surface area contributed by atoms with E-state index in [-0.39, 0.29) is 0 Å². The van der Waals surface area contributed by atoms with E-state index in [4.69, 9.17) is 5.10 Å². The number of fused-ring (bicyclic) bond motifs is 2. The molecular weight excluding hydrogens is 302 g/mol. The van der Waals surface area contributed by atoms with Crippen LogP contribution in [-0.4, -0.2) is 42.9 Å². The molecule has 5 rings (SSSR count). The van der Waals surface area contributed by atoms with E-state index in [0.717, 1.165) is 56.2 Å². The highest BCUT2D eigenvalue weighted by Crippen LogP contribution is 2.29. The van der Waals surface area contributed by atoms with Gasteiger partial charge in [-0.05, 0) is 49.8 Å². The quantitative estimate of drug-likeness (QED) is 0.716. The van der Waals surface area contributed by atoms with Gasteiger partial charge in [-0.25, -0.2) is 9.97 Å². The predicted molar refractivity (Wildman–Crippen MR) is 89.0 cm³/mol. The third kappa shape index (κ3) is 2.23. The molecular formula is C17H19N7. The first-order valence-electron chi connectivity index (χ1n) is 8.64. The molecule has 0 spiro atoms. The molecule has 0 amide bonds. The van der Waals surface area contributed by atoms with Crippen molar-refractivity contribution in [2.45, 2.75) is 38.0 Å². The van der Waals surface area contributed by atoms with Crippen molar-refractivity contribution in [2.75, 3.05) is 18.0 Å². The average Bonchev–Trinajstić information content (AvgIpc) is 3.26. The Morgan fingerprint density at radius 2 is 1.83 bits per heavy atom. The molecule has 1 aliphatic heterocycles. The molecule has 1 fully saturated rings. The summed E-state index contributed by atoms with van der Waals surface area (Å²) in [5.41, 5.74) is 3.45. The minimum Gasteiger partial charge on any atom is -0.341 e. The number of hydrogen-bond donors (Lipinski definition) is 0.